The Labute approximate surface area is 265 Å². The van der Waals surface area contributed by atoms with Crippen LogP contribution in [-0.2, 0) is 0 Å². The van der Waals surface area contributed by atoms with Gasteiger partial charge in [-0.1, -0.05) is 84.9 Å². The molecule has 4 nitrogen and oxygen atoms in total. The zero-order chi connectivity index (χ0) is 30.2. The number of aromatic nitrogens is 3. The summed E-state index contributed by atoms with van der Waals surface area (Å²) in [7, 11) is 0. The highest BCUT2D eigenvalue weighted by Crippen LogP contribution is 2.51. The molecule has 9 aromatic rings. The van der Waals surface area contributed by atoms with E-state index in [2.05, 4.69) is 149 Å². The molecule has 2 heterocycles. The molecule has 2 aromatic heterocycles. The molecule has 214 valence electrons. The van der Waals surface area contributed by atoms with E-state index in [0.29, 0.717) is 0 Å². The van der Waals surface area contributed by atoms with Crippen LogP contribution in [0.4, 0.5) is 17.1 Å². The van der Waals surface area contributed by atoms with Crippen LogP contribution in [0.15, 0.2) is 158 Å². The first kappa shape index (κ1) is 25.1. The number of anilines is 3. The minimum atomic E-state index is 0.917. The van der Waals surface area contributed by atoms with Crippen molar-refractivity contribution in [2.45, 2.75) is 0 Å². The molecule has 0 aliphatic heterocycles. The van der Waals surface area contributed by atoms with Gasteiger partial charge in [0.25, 0.3) is 0 Å². The highest BCUT2D eigenvalue weighted by molar-refractivity contribution is 6.28. The van der Waals surface area contributed by atoms with E-state index in [1.807, 2.05) is 18.2 Å². The van der Waals surface area contributed by atoms with Gasteiger partial charge >= 0.3 is 0 Å². The van der Waals surface area contributed by atoms with Gasteiger partial charge in [0.2, 0.25) is 0 Å². The predicted molar refractivity (Wildman–Crippen MR) is 190 cm³/mol. The Bertz CT molecular complexity index is 2580. The standard InChI is InChI=1S/C42H26N4/c1-3-13-28(14-4-1)45(29-15-5-2-6-16-29)30-22-24-31(25-23-30)46-36-21-10-7-17-32(36)39-37(46)26-27-12-11-18-33-38(27)40(39)42-41(33)43-34-19-8-9-20-35(34)44-42/h1-26H. The molecule has 0 amide bonds. The number of nitrogens with zero attached hydrogens (tertiary/aromatic N) is 4. The molecule has 10 rings (SSSR count). The van der Waals surface area contributed by atoms with Crippen LogP contribution in [0.5, 0.6) is 0 Å². The predicted octanol–water partition coefficient (Wildman–Crippen LogP) is 11.0. The second kappa shape index (κ2) is 9.62. The monoisotopic (exact) mass is 586 g/mol. The van der Waals surface area contributed by atoms with Gasteiger partial charge in [0, 0.05) is 50.0 Å². The van der Waals surface area contributed by atoms with Crippen molar-refractivity contribution in [3.8, 4) is 28.2 Å². The van der Waals surface area contributed by atoms with Crippen molar-refractivity contribution in [3.05, 3.63) is 158 Å². The molecule has 0 fully saturated rings. The zero-order valence-corrected chi connectivity index (χ0v) is 24.8. The largest absolute Gasteiger partial charge is 0.311 e. The molecule has 4 heteroatoms. The van der Waals surface area contributed by atoms with Crippen LogP contribution >= 0.6 is 0 Å². The van der Waals surface area contributed by atoms with Crippen molar-refractivity contribution >= 4 is 60.7 Å². The third kappa shape index (κ3) is 3.55. The van der Waals surface area contributed by atoms with E-state index in [-0.39, 0.29) is 0 Å². The Morgan fingerprint density at radius 1 is 0.457 bits per heavy atom. The van der Waals surface area contributed by atoms with Crippen LogP contribution in [0.3, 0.4) is 0 Å². The smallest absolute Gasteiger partial charge is 0.0986 e. The van der Waals surface area contributed by atoms with E-state index in [9.17, 15) is 0 Å². The number of fused-ring (bicyclic) bond motifs is 8. The van der Waals surface area contributed by atoms with Crippen molar-refractivity contribution in [1.82, 2.24) is 14.5 Å². The van der Waals surface area contributed by atoms with Gasteiger partial charge in [-0.05, 0) is 78.2 Å². The average molecular weight is 587 g/mol. The van der Waals surface area contributed by atoms with E-state index in [1.165, 1.54) is 38.1 Å². The molecule has 0 radical (unpaired) electrons. The molecular formula is C42H26N4. The maximum Gasteiger partial charge on any atom is 0.0986 e. The quantitative estimate of drug-likeness (QED) is 0.206. The van der Waals surface area contributed by atoms with E-state index in [0.717, 1.165) is 50.7 Å². The summed E-state index contributed by atoms with van der Waals surface area (Å²) in [4.78, 5) is 12.7. The summed E-state index contributed by atoms with van der Waals surface area (Å²) in [6, 6.07) is 55.8. The SMILES string of the molecule is c1ccc(N(c2ccccc2)c2ccc(-n3c4ccccc4c4c5c6c(cccc6cc43)-c3nc4ccccc4nc3-5)cc2)cc1. The lowest BCUT2D eigenvalue weighted by Gasteiger charge is -2.25. The van der Waals surface area contributed by atoms with Crippen molar-refractivity contribution in [2.75, 3.05) is 4.90 Å². The Balaban J connectivity index is 1.22. The van der Waals surface area contributed by atoms with Gasteiger partial charge in [-0.2, -0.15) is 0 Å². The molecule has 1 aliphatic rings. The van der Waals surface area contributed by atoms with Crippen molar-refractivity contribution in [2.24, 2.45) is 0 Å². The van der Waals surface area contributed by atoms with E-state index < -0.39 is 0 Å². The van der Waals surface area contributed by atoms with Gasteiger partial charge < -0.3 is 9.47 Å². The fourth-order valence-corrected chi connectivity index (χ4v) is 7.33. The number of para-hydroxylation sites is 5. The van der Waals surface area contributed by atoms with E-state index in [4.69, 9.17) is 9.97 Å². The summed E-state index contributed by atoms with van der Waals surface area (Å²) in [5.74, 6) is 0. The summed E-state index contributed by atoms with van der Waals surface area (Å²) < 4.78 is 2.40. The van der Waals surface area contributed by atoms with Crippen molar-refractivity contribution < 1.29 is 0 Å². The Kier molecular flexibility index (Phi) is 5.25. The van der Waals surface area contributed by atoms with Gasteiger partial charge in [-0.3, -0.25) is 0 Å². The molecule has 1 aliphatic carbocycles. The van der Waals surface area contributed by atoms with Crippen LogP contribution in [-0.4, -0.2) is 14.5 Å². The lowest BCUT2D eigenvalue weighted by Crippen LogP contribution is -2.09. The first-order chi connectivity index (χ1) is 22.8. The van der Waals surface area contributed by atoms with Crippen molar-refractivity contribution in [3.63, 3.8) is 0 Å². The van der Waals surface area contributed by atoms with Crippen LogP contribution < -0.4 is 4.90 Å². The summed E-state index contributed by atoms with van der Waals surface area (Å²) in [5.41, 5.74) is 12.9. The Morgan fingerprint density at radius 3 is 1.78 bits per heavy atom. The minimum Gasteiger partial charge on any atom is -0.311 e. The van der Waals surface area contributed by atoms with Gasteiger partial charge in [0.15, 0.2) is 0 Å². The zero-order valence-electron chi connectivity index (χ0n) is 24.8. The molecule has 0 saturated carbocycles. The highest BCUT2D eigenvalue weighted by Gasteiger charge is 2.29. The van der Waals surface area contributed by atoms with Crippen molar-refractivity contribution in [1.29, 1.82) is 0 Å². The van der Waals surface area contributed by atoms with Crippen LogP contribution in [0, 0.1) is 0 Å². The number of rotatable bonds is 4. The molecule has 46 heavy (non-hydrogen) atoms. The summed E-state index contributed by atoms with van der Waals surface area (Å²) in [6.45, 7) is 0. The second-order valence-electron chi connectivity index (χ2n) is 11.8. The molecule has 0 unspecified atom stereocenters. The number of hydrogen-bond acceptors (Lipinski definition) is 3. The second-order valence-corrected chi connectivity index (χ2v) is 11.8. The average Bonchev–Trinajstić information content (AvgIpc) is 3.62. The fourth-order valence-electron chi connectivity index (χ4n) is 7.33. The lowest BCUT2D eigenvalue weighted by molar-refractivity contribution is 1.17. The topological polar surface area (TPSA) is 34.0 Å². The molecule has 0 bridgehead atoms. The molecule has 0 saturated heterocycles. The van der Waals surface area contributed by atoms with E-state index in [1.54, 1.807) is 0 Å². The molecule has 0 spiro atoms. The van der Waals surface area contributed by atoms with Crippen LogP contribution in [0.25, 0.3) is 71.8 Å². The summed E-state index contributed by atoms with van der Waals surface area (Å²) in [5, 5.41) is 4.87. The number of benzene rings is 7. The normalized spacial score (nSPS) is 11.9. The summed E-state index contributed by atoms with van der Waals surface area (Å²) >= 11 is 0. The van der Waals surface area contributed by atoms with Gasteiger partial charge in [-0.25, -0.2) is 9.97 Å². The maximum absolute atomic E-state index is 5.25. The first-order valence-corrected chi connectivity index (χ1v) is 15.6. The lowest BCUT2D eigenvalue weighted by atomic mass is 9.99. The molecule has 7 aromatic carbocycles. The Hall–Kier alpha value is -6.26. The first-order valence-electron chi connectivity index (χ1n) is 15.6. The molecule has 0 N–H and O–H groups in total. The Morgan fingerprint density at radius 2 is 1.07 bits per heavy atom. The van der Waals surface area contributed by atoms with Gasteiger partial charge in [-0.15, -0.1) is 0 Å². The highest BCUT2D eigenvalue weighted by atomic mass is 15.1. The van der Waals surface area contributed by atoms with Gasteiger partial charge in [0.1, 0.15) is 0 Å². The molecular weight excluding hydrogens is 560 g/mol. The minimum absolute atomic E-state index is 0.917. The number of hydrogen-bond donors (Lipinski definition) is 0. The molecule has 0 atom stereocenters. The third-order valence-corrected chi connectivity index (χ3v) is 9.26. The van der Waals surface area contributed by atoms with Crippen LogP contribution in [0.2, 0.25) is 0 Å². The summed E-state index contributed by atoms with van der Waals surface area (Å²) in [6.07, 6.45) is 0. The van der Waals surface area contributed by atoms with E-state index >= 15 is 0 Å². The van der Waals surface area contributed by atoms with Gasteiger partial charge in [0.05, 0.1) is 33.5 Å². The fraction of sp³-hybridized carbons (Fsp3) is 0. The van der Waals surface area contributed by atoms with Crippen LogP contribution in [0.1, 0.15) is 0 Å². The third-order valence-electron chi connectivity index (χ3n) is 9.26. The maximum atomic E-state index is 5.25.